The molecular formula is C22H32N2O4. The molecule has 3 atom stereocenters. The molecule has 0 aliphatic carbocycles. The predicted octanol–water partition coefficient (Wildman–Crippen LogP) is 3.63. The molecule has 154 valence electrons. The van der Waals surface area contributed by atoms with Crippen molar-refractivity contribution in [1.82, 2.24) is 10.2 Å². The Kier molecular flexibility index (Phi) is 6.28. The average Bonchev–Trinajstić information content (AvgIpc) is 3.22. The van der Waals surface area contributed by atoms with E-state index in [0.29, 0.717) is 19.8 Å². The fourth-order valence-electron chi connectivity index (χ4n) is 4.16. The van der Waals surface area contributed by atoms with Gasteiger partial charge in [0.1, 0.15) is 5.60 Å². The second-order valence-electron chi connectivity index (χ2n) is 8.70. The van der Waals surface area contributed by atoms with Crippen LogP contribution in [-0.4, -0.2) is 41.2 Å². The van der Waals surface area contributed by atoms with Gasteiger partial charge in [-0.3, -0.25) is 4.79 Å². The zero-order valence-electron chi connectivity index (χ0n) is 17.4. The molecule has 3 unspecified atom stereocenters. The van der Waals surface area contributed by atoms with Crippen LogP contribution < -0.4 is 5.32 Å². The van der Waals surface area contributed by atoms with Gasteiger partial charge in [-0.1, -0.05) is 24.3 Å². The predicted molar refractivity (Wildman–Crippen MR) is 107 cm³/mol. The van der Waals surface area contributed by atoms with Gasteiger partial charge < -0.3 is 19.7 Å². The van der Waals surface area contributed by atoms with Gasteiger partial charge in [-0.05, 0) is 58.1 Å². The number of benzene rings is 1. The fourth-order valence-corrected chi connectivity index (χ4v) is 4.16. The number of carbonyl (C=O) groups is 2. The zero-order chi connectivity index (χ0) is 20.3. The van der Waals surface area contributed by atoms with E-state index in [4.69, 9.17) is 9.47 Å². The molecule has 2 heterocycles. The number of rotatable bonds is 6. The highest BCUT2D eigenvalue weighted by Crippen LogP contribution is 2.42. The molecule has 6 heteroatoms. The number of amides is 2. The molecule has 1 aromatic carbocycles. The second kappa shape index (κ2) is 8.52. The number of carbonyl (C=O) groups excluding carboxylic acids is 2. The first-order valence-electron chi connectivity index (χ1n) is 10.2. The first kappa shape index (κ1) is 20.6. The van der Waals surface area contributed by atoms with Crippen molar-refractivity contribution in [2.24, 2.45) is 5.92 Å². The summed E-state index contributed by atoms with van der Waals surface area (Å²) in [7, 11) is 0. The lowest BCUT2D eigenvalue weighted by atomic mass is 9.88. The number of ether oxygens (including phenoxy) is 2. The van der Waals surface area contributed by atoms with Crippen LogP contribution in [-0.2, 0) is 27.4 Å². The summed E-state index contributed by atoms with van der Waals surface area (Å²) in [6.07, 6.45) is 2.26. The summed E-state index contributed by atoms with van der Waals surface area (Å²) in [5.74, 6) is -0.123. The van der Waals surface area contributed by atoms with Gasteiger partial charge in [-0.25, -0.2) is 4.79 Å². The molecule has 1 aromatic rings. The summed E-state index contributed by atoms with van der Waals surface area (Å²) in [6, 6.07) is 8.16. The second-order valence-corrected chi connectivity index (χ2v) is 8.70. The highest BCUT2D eigenvalue weighted by Gasteiger charge is 2.52. The van der Waals surface area contributed by atoms with Crippen LogP contribution >= 0.6 is 0 Å². The number of hydrogen-bond donors (Lipinski definition) is 1. The number of fused-ring (bicyclic) bond motifs is 2. The Labute approximate surface area is 167 Å². The van der Waals surface area contributed by atoms with Gasteiger partial charge in [-0.2, -0.15) is 0 Å². The largest absolute Gasteiger partial charge is 0.444 e. The topological polar surface area (TPSA) is 67.9 Å². The highest BCUT2D eigenvalue weighted by atomic mass is 16.6. The quantitative estimate of drug-likeness (QED) is 0.808. The summed E-state index contributed by atoms with van der Waals surface area (Å²) in [5, 5.41) is 3.05. The van der Waals surface area contributed by atoms with Gasteiger partial charge in [0.15, 0.2) is 0 Å². The van der Waals surface area contributed by atoms with Crippen molar-refractivity contribution in [3.63, 3.8) is 0 Å². The van der Waals surface area contributed by atoms with E-state index in [1.165, 1.54) is 0 Å². The molecular weight excluding hydrogens is 356 g/mol. The summed E-state index contributed by atoms with van der Waals surface area (Å²) >= 11 is 0. The molecule has 3 rings (SSSR count). The first-order valence-corrected chi connectivity index (χ1v) is 10.2. The lowest BCUT2D eigenvalue weighted by molar-refractivity contribution is -0.126. The molecule has 2 fully saturated rings. The molecule has 2 aliphatic rings. The third-order valence-corrected chi connectivity index (χ3v) is 5.44. The van der Waals surface area contributed by atoms with E-state index in [1.807, 2.05) is 52.0 Å². The van der Waals surface area contributed by atoms with E-state index in [1.54, 1.807) is 4.90 Å². The number of nitrogens with zero attached hydrogens (tertiary/aromatic N) is 1. The van der Waals surface area contributed by atoms with E-state index in [0.717, 1.165) is 30.4 Å². The lowest BCUT2D eigenvalue weighted by Crippen LogP contribution is -2.43. The minimum absolute atomic E-state index is 0.0270. The van der Waals surface area contributed by atoms with Crippen molar-refractivity contribution in [1.29, 1.82) is 0 Å². The smallest absolute Gasteiger partial charge is 0.410 e. The standard InChI is InChI=1S/C22H32N2O4/c1-5-27-14-16-8-6-15(7-9-16)13-23-20(25)18-12-17-10-11-19(18)24(17)21(26)28-22(2,3)4/h6-9,17-19H,5,10-14H2,1-4H3,(H,23,25). The molecule has 2 saturated heterocycles. The molecule has 1 N–H and O–H groups in total. The Morgan fingerprint density at radius 3 is 2.46 bits per heavy atom. The van der Waals surface area contributed by atoms with Crippen LogP contribution in [0.15, 0.2) is 24.3 Å². The van der Waals surface area contributed by atoms with Crippen molar-refractivity contribution in [3.8, 4) is 0 Å². The normalized spacial score (nSPS) is 23.7. The minimum Gasteiger partial charge on any atom is -0.444 e. The molecule has 6 nitrogen and oxygen atoms in total. The van der Waals surface area contributed by atoms with Crippen molar-refractivity contribution in [2.45, 2.75) is 77.8 Å². The Bertz CT molecular complexity index is 695. The van der Waals surface area contributed by atoms with E-state index < -0.39 is 5.60 Å². The molecule has 0 saturated carbocycles. The highest BCUT2D eigenvalue weighted by molar-refractivity contribution is 5.82. The Morgan fingerprint density at radius 2 is 1.82 bits per heavy atom. The van der Waals surface area contributed by atoms with Crippen molar-refractivity contribution in [2.75, 3.05) is 6.61 Å². The van der Waals surface area contributed by atoms with Crippen LogP contribution in [0, 0.1) is 5.92 Å². The van der Waals surface area contributed by atoms with Gasteiger partial charge in [0, 0.05) is 25.2 Å². The lowest BCUT2D eigenvalue weighted by Gasteiger charge is -2.28. The maximum atomic E-state index is 12.8. The van der Waals surface area contributed by atoms with Crippen LogP contribution in [0.1, 0.15) is 58.1 Å². The monoisotopic (exact) mass is 388 g/mol. The van der Waals surface area contributed by atoms with Crippen molar-refractivity contribution >= 4 is 12.0 Å². The van der Waals surface area contributed by atoms with Gasteiger partial charge in [0.25, 0.3) is 0 Å². The van der Waals surface area contributed by atoms with Crippen LogP contribution in [0.5, 0.6) is 0 Å². The molecule has 28 heavy (non-hydrogen) atoms. The SMILES string of the molecule is CCOCc1ccc(CNC(=O)C2CC3CCC2N3C(=O)OC(C)(C)C)cc1. The molecule has 2 amide bonds. The summed E-state index contributed by atoms with van der Waals surface area (Å²) in [4.78, 5) is 27.1. The van der Waals surface area contributed by atoms with E-state index in [9.17, 15) is 9.59 Å². The Hall–Kier alpha value is -2.08. The molecule has 2 aliphatic heterocycles. The Balaban J connectivity index is 1.53. The maximum absolute atomic E-state index is 12.8. The van der Waals surface area contributed by atoms with Gasteiger partial charge in [-0.15, -0.1) is 0 Å². The number of hydrogen-bond acceptors (Lipinski definition) is 4. The van der Waals surface area contributed by atoms with E-state index >= 15 is 0 Å². The summed E-state index contributed by atoms with van der Waals surface area (Å²) < 4.78 is 10.9. The maximum Gasteiger partial charge on any atom is 0.410 e. The summed E-state index contributed by atoms with van der Waals surface area (Å²) in [6.45, 7) is 9.38. The minimum atomic E-state index is -0.523. The van der Waals surface area contributed by atoms with Crippen LogP contribution in [0.4, 0.5) is 4.79 Å². The average molecular weight is 389 g/mol. The van der Waals surface area contributed by atoms with Crippen LogP contribution in [0.2, 0.25) is 0 Å². The van der Waals surface area contributed by atoms with E-state index in [2.05, 4.69) is 5.32 Å². The fraction of sp³-hybridized carbons (Fsp3) is 0.636. The van der Waals surface area contributed by atoms with Gasteiger partial charge in [0.2, 0.25) is 5.91 Å². The van der Waals surface area contributed by atoms with Crippen molar-refractivity contribution < 1.29 is 19.1 Å². The third kappa shape index (κ3) is 4.85. The van der Waals surface area contributed by atoms with Gasteiger partial charge in [0.05, 0.1) is 12.5 Å². The third-order valence-electron chi connectivity index (χ3n) is 5.44. The molecule has 2 bridgehead atoms. The molecule has 0 aromatic heterocycles. The molecule has 0 radical (unpaired) electrons. The van der Waals surface area contributed by atoms with Crippen LogP contribution in [0.25, 0.3) is 0 Å². The molecule has 0 spiro atoms. The van der Waals surface area contributed by atoms with Gasteiger partial charge >= 0.3 is 6.09 Å². The number of nitrogens with one attached hydrogen (secondary N) is 1. The van der Waals surface area contributed by atoms with Crippen molar-refractivity contribution in [3.05, 3.63) is 35.4 Å². The Morgan fingerprint density at radius 1 is 1.14 bits per heavy atom. The van der Waals surface area contributed by atoms with Crippen LogP contribution in [0.3, 0.4) is 0 Å². The zero-order valence-corrected chi connectivity index (χ0v) is 17.4. The van der Waals surface area contributed by atoms with E-state index in [-0.39, 0.29) is 30.0 Å². The first-order chi connectivity index (χ1) is 13.3. The summed E-state index contributed by atoms with van der Waals surface area (Å²) in [5.41, 5.74) is 1.66.